The number of amides is 1. The molecule has 1 fully saturated rings. The summed E-state index contributed by atoms with van der Waals surface area (Å²) in [6.07, 6.45) is -1.27. The van der Waals surface area contributed by atoms with Crippen LogP contribution in [0.3, 0.4) is 0 Å². The Kier molecular flexibility index (Phi) is 4.14. The van der Waals surface area contributed by atoms with Gasteiger partial charge in [-0.05, 0) is 31.5 Å². The molecule has 19 heavy (non-hydrogen) atoms. The molecule has 1 aliphatic rings. The van der Waals surface area contributed by atoms with Gasteiger partial charge in [0.05, 0.1) is 0 Å². The average molecular weight is 275 g/mol. The minimum Gasteiger partial charge on any atom is -0.347 e. The van der Waals surface area contributed by atoms with E-state index < -0.39 is 18.6 Å². The Morgan fingerprint density at radius 3 is 2.95 bits per heavy atom. The predicted molar refractivity (Wildman–Crippen MR) is 63.8 cm³/mol. The first kappa shape index (κ1) is 13.9. The van der Waals surface area contributed by atoms with Gasteiger partial charge in [-0.1, -0.05) is 0 Å². The van der Waals surface area contributed by atoms with Crippen LogP contribution < -0.4 is 10.6 Å². The van der Waals surface area contributed by atoms with E-state index in [-0.39, 0.29) is 11.7 Å². The van der Waals surface area contributed by atoms with Crippen molar-refractivity contribution in [3.63, 3.8) is 0 Å². The van der Waals surface area contributed by atoms with Crippen molar-refractivity contribution >= 4 is 5.91 Å². The Balaban J connectivity index is 2.00. The maximum atomic E-state index is 12.4. The van der Waals surface area contributed by atoms with E-state index in [0.717, 1.165) is 24.0 Å². The largest absolute Gasteiger partial charge is 0.406 e. The van der Waals surface area contributed by atoms with E-state index in [9.17, 15) is 18.0 Å². The van der Waals surface area contributed by atoms with E-state index in [1.54, 1.807) is 0 Å². The van der Waals surface area contributed by atoms with Crippen molar-refractivity contribution in [3.05, 3.63) is 24.0 Å². The van der Waals surface area contributed by atoms with E-state index in [2.05, 4.69) is 10.6 Å². The molecule has 106 valence electrons. The molecule has 0 aromatic carbocycles. The third-order valence-corrected chi connectivity index (χ3v) is 3.04. The van der Waals surface area contributed by atoms with Crippen LogP contribution in [0.1, 0.15) is 23.3 Å². The highest BCUT2D eigenvalue weighted by Gasteiger charge is 2.29. The van der Waals surface area contributed by atoms with Crippen LogP contribution in [0.15, 0.2) is 18.3 Å². The van der Waals surface area contributed by atoms with Gasteiger partial charge >= 0.3 is 6.18 Å². The molecule has 1 atom stereocenters. The number of hydrogen-bond acceptors (Lipinski definition) is 2. The molecule has 1 aliphatic heterocycles. The molecule has 2 heterocycles. The van der Waals surface area contributed by atoms with E-state index in [0.29, 0.717) is 6.54 Å². The monoisotopic (exact) mass is 275 g/mol. The molecule has 1 aromatic rings. The first-order chi connectivity index (χ1) is 8.96. The lowest BCUT2D eigenvalue weighted by molar-refractivity contribution is -0.140. The number of rotatable bonds is 3. The van der Waals surface area contributed by atoms with Crippen molar-refractivity contribution in [2.45, 2.75) is 31.6 Å². The minimum atomic E-state index is -4.33. The van der Waals surface area contributed by atoms with Crippen LogP contribution in [0.25, 0.3) is 0 Å². The summed E-state index contributed by atoms with van der Waals surface area (Å²) in [5.74, 6) is -0.456. The maximum Gasteiger partial charge on any atom is 0.406 e. The van der Waals surface area contributed by atoms with Crippen molar-refractivity contribution in [2.75, 3.05) is 13.1 Å². The van der Waals surface area contributed by atoms with Crippen LogP contribution in [0.4, 0.5) is 13.2 Å². The zero-order valence-corrected chi connectivity index (χ0v) is 10.3. The number of nitrogens with zero attached hydrogens (tertiary/aromatic N) is 1. The number of hydrogen-bond donors (Lipinski definition) is 2. The van der Waals surface area contributed by atoms with Gasteiger partial charge in [0.15, 0.2) is 0 Å². The molecular formula is C12H16F3N3O. The molecule has 2 rings (SSSR count). The fourth-order valence-corrected chi connectivity index (χ4v) is 2.19. The molecule has 1 amide bonds. The number of carbonyl (C=O) groups is 1. The van der Waals surface area contributed by atoms with Gasteiger partial charge in [0.2, 0.25) is 0 Å². The number of nitrogens with one attached hydrogen (secondary N) is 2. The van der Waals surface area contributed by atoms with E-state index in [1.165, 1.54) is 18.3 Å². The normalized spacial score (nSPS) is 20.3. The highest BCUT2D eigenvalue weighted by molar-refractivity contribution is 5.93. The number of halogens is 3. The summed E-state index contributed by atoms with van der Waals surface area (Å²) in [7, 11) is 0. The van der Waals surface area contributed by atoms with Gasteiger partial charge in [-0.2, -0.15) is 13.2 Å². The molecule has 0 spiro atoms. The van der Waals surface area contributed by atoms with Gasteiger partial charge in [0.1, 0.15) is 12.2 Å². The Hall–Kier alpha value is -1.50. The van der Waals surface area contributed by atoms with Crippen LogP contribution in [0, 0.1) is 0 Å². The lowest BCUT2D eigenvalue weighted by Crippen LogP contribution is -2.46. The molecule has 4 nitrogen and oxygen atoms in total. The third-order valence-electron chi connectivity index (χ3n) is 3.04. The summed E-state index contributed by atoms with van der Waals surface area (Å²) in [6.45, 7) is 0.425. The van der Waals surface area contributed by atoms with Gasteiger partial charge < -0.3 is 15.2 Å². The Morgan fingerprint density at radius 2 is 2.32 bits per heavy atom. The van der Waals surface area contributed by atoms with Crippen molar-refractivity contribution in [1.82, 2.24) is 15.2 Å². The quantitative estimate of drug-likeness (QED) is 0.879. The topological polar surface area (TPSA) is 46.1 Å². The van der Waals surface area contributed by atoms with Crippen LogP contribution in [-0.2, 0) is 6.54 Å². The number of carbonyl (C=O) groups excluding carboxylic acids is 1. The molecule has 1 saturated heterocycles. The van der Waals surface area contributed by atoms with Crippen molar-refractivity contribution in [3.8, 4) is 0 Å². The van der Waals surface area contributed by atoms with Crippen LogP contribution in [0.5, 0.6) is 0 Å². The SMILES string of the molecule is O=C(NC1CCCNC1)c1cccn1CC(F)(F)F. The molecule has 0 bridgehead atoms. The second kappa shape index (κ2) is 5.64. The molecule has 0 aliphatic carbocycles. The Bertz CT molecular complexity index is 436. The summed E-state index contributed by atoms with van der Waals surface area (Å²) >= 11 is 0. The summed E-state index contributed by atoms with van der Waals surface area (Å²) in [4.78, 5) is 12.0. The number of aromatic nitrogens is 1. The molecule has 7 heteroatoms. The highest BCUT2D eigenvalue weighted by Crippen LogP contribution is 2.19. The molecule has 0 radical (unpaired) electrons. The Labute approximate surface area is 109 Å². The summed E-state index contributed by atoms with van der Waals surface area (Å²) < 4.78 is 38.0. The first-order valence-electron chi connectivity index (χ1n) is 6.19. The van der Waals surface area contributed by atoms with Gasteiger partial charge in [-0.15, -0.1) is 0 Å². The van der Waals surface area contributed by atoms with Crippen molar-refractivity contribution in [1.29, 1.82) is 0 Å². The molecule has 1 unspecified atom stereocenters. The maximum absolute atomic E-state index is 12.4. The van der Waals surface area contributed by atoms with Crippen LogP contribution >= 0.6 is 0 Å². The molecular weight excluding hydrogens is 259 g/mol. The third kappa shape index (κ3) is 3.99. The number of alkyl halides is 3. The average Bonchev–Trinajstić information content (AvgIpc) is 2.76. The molecule has 1 aromatic heterocycles. The van der Waals surface area contributed by atoms with Crippen LogP contribution in [-0.4, -0.2) is 35.8 Å². The molecule has 0 saturated carbocycles. The van der Waals surface area contributed by atoms with E-state index in [4.69, 9.17) is 0 Å². The second-order valence-corrected chi connectivity index (χ2v) is 4.65. The fourth-order valence-electron chi connectivity index (χ4n) is 2.19. The standard InChI is InChI=1S/C12H16F3N3O/c13-12(14,15)8-18-6-2-4-10(18)11(19)17-9-3-1-5-16-7-9/h2,4,6,9,16H,1,3,5,7-8H2,(H,17,19). The van der Waals surface area contributed by atoms with E-state index >= 15 is 0 Å². The summed E-state index contributed by atoms with van der Waals surface area (Å²) in [6, 6.07) is 2.83. The summed E-state index contributed by atoms with van der Waals surface area (Å²) in [5, 5.41) is 5.89. The molecule has 2 N–H and O–H groups in total. The highest BCUT2D eigenvalue weighted by atomic mass is 19.4. The lowest BCUT2D eigenvalue weighted by atomic mass is 10.1. The zero-order chi connectivity index (χ0) is 13.9. The second-order valence-electron chi connectivity index (χ2n) is 4.65. The number of piperidine rings is 1. The predicted octanol–water partition coefficient (Wildman–Crippen LogP) is 1.53. The van der Waals surface area contributed by atoms with Gasteiger partial charge in [0, 0.05) is 18.8 Å². The minimum absolute atomic E-state index is 0.0181. The first-order valence-corrected chi connectivity index (χ1v) is 6.19. The van der Waals surface area contributed by atoms with Gasteiger partial charge in [0.25, 0.3) is 5.91 Å². The van der Waals surface area contributed by atoms with Crippen molar-refractivity contribution < 1.29 is 18.0 Å². The Morgan fingerprint density at radius 1 is 1.53 bits per heavy atom. The van der Waals surface area contributed by atoms with Gasteiger partial charge in [-0.25, -0.2) is 0 Å². The van der Waals surface area contributed by atoms with Crippen molar-refractivity contribution in [2.24, 2.45) is 0 Å². The zero-order valence-electron chi connectivity index (χ0n) is 10.3. The van der Waals surface area contributed by atoms with Gasteiger partial charge in [-0.3, -0.25) is 4.79 Å². The smallest absolute Gasteiger partial charge is 0.347 e. The van der Waals surface area contributed by atoms with Crippen LogP contribution in [0.2, 0.25) is 0 Å². The lowest BCUT2D eigenvalue weighted by Gasteiger charge is -2.24. The summed E-state index contributed by atoms with van der Waals surface area (Å²) in [5.41, 5.74) is 0.0444. The van der Waals surface area contributed by atoms with E-state index in [1.807, 2.05) is 0 Å². The fraction of sp³-hybridized carbons (Fsp3) is 0.583.